The molecule has 0 saturated heterocycles. The molecule has 1 heterocycles. The molecule has 0 saturated carbocycles. The Morgan fingerprint density at radius 2 is 2.00 bits per heavy atom. The van der Waals surface area contributed by atoms with E-state index in [-0.39, 0.29) is 11.8 Å². The van der Waals surface area contributed by atoms with E-state index in [0.29, 0.717) is 17.8 Å². The Morgan fingerprint density at radius 1 is 1.23 bits per heavy atom. The Balaban J connectivity index is 1.74. The van der Waals surface area contributed by atoms with Gasteiger partial charge in [-0.1, -0.05) is 24.3 Å². The lowest BCUT2D eigenvalue weighted by atomic mass is 10.1. The molecule has 0 bridgehead atoms. The minimum absolute atomic E-state index is 0.155. The van der Waals surface area contributed by atoms with Crippen LogP contribution in [0.5, 0.6) is 0 Å². The molecule has 1 atom stereocenters. The lowest BCUT2D eigenvalue weighted by molar-refractivity contribution is -0.120. The van der Waals surface area contributed by atoms with Crippen molar-refractivity contribution in [1.29, 1.82) is 0 Å². The molecule has 22 heavy (non-hydrogen) atoms. The number of benzene rings is 2. The molecule has 2 amide bonds. The zero-order valence-electron chi connectivity index (χ0n) is 12.0. The van der Waals surface area contributed by atoms with Gasteiger partial charge in [0.1, 0.15) is 11.9 Å². The van der Waals surface area contributed by atoms with Gasteiger partial charge >= 0.3 is 0 Å². The van der Waals surface area contributed by atoms with Crippen molar-refractivity contribution in [1.82, 2.24) is 4.90 Å². The minimum atomic E-state index is -0.636. The molecule has 0 fully saturated rings. The van der Waals surface area contributed by atoms with Crippen LogP contribution in [0.25, 0.3) is 0 Å². The van der Waals surface area contributed by atoms with Gasteiger partial charge in [0.25, 0.3) is 5.91 Å². The van der Waals surface area contributed by atoms with Crippen LogP contribution in [0.15, 0.2) is 48.5 Å². The summed E-state index contributed by atoms with van der Waals surface area (Å²) in [6.45, 7) is 2.07. The molecule has 2 aromatic carbocycles. The van der Waals surface area contributed by atoms with Gasteiger partial charge in [0.15, 0.2) is 0 Å². The van der Waals surface area contributed by atoms with Crippen molar-refractivity contribution >= 4 is 17.5 Å². The fourth-order valence-electron chi connectivity index (χ4n) is 2.54. The third-order valence-corrected chi connectivity index (χ3v) is 3.79. The molecule has 0 aromatic heterocycles. The fourth-order valence-corrected chi connectivity index (χ4v) is 2.54. The van der Waals surface area contributed by atoms with Gasteiger partial charge in [0, 0.05) is 17.8 Å². The first-order chi connectivity index (χ1) is 10.6. The number of anilines is 1. The Bertz CT molecular complexity index is 745. The number of nitrogens with zero attached hydrogens (tertiary/aromatic N) is 1. The van der Waals surface area contributed by atoms with Crippen molar-refractivity contribution in [2.24, 2.45) is 0 Å². The number of nitrogens with one attached hydrogen (secondary N) is 1. The molecule has 5 heteroatoms. The highest BCUT2D eigenvalue weighted by Crippen LogP contribution is 2.24. The maximum atomic E-state index is 13.1. The highest BCUT2D eigenvalue weighted by Gasteiger charge is 2.33. The van der Waals surface area contributed by atoms with Gasteiger partial charge in [0.2, 0.25) is 5.91 Å². The first-order valence-electron chi connectivity index (χ1n) is 7.01. The molecule has 112 valence electrons. The first-order valence-corrected chi connectivity index (χ1v) is 7.01. The number of carbonyl (C=O) groups excluding carboxylic acids is 2. The van der Waals surface area contributed by atoms with Crippen molar-refractivity contribution in [2.75, 3.05) is 5.32 Å². The zero-order chi connectivity index (χ0) is 15.7. The van der Waals surface area contributed by atoms with Crippen molar-refractivity contribution in [3.8, 4) is 0 Å². The first kappa shape index (κ1) is 14.3. The molecular weight excluding hydrogens is 283 g/mol. The number of carbonyl (C=O) groups is 2. The topological polar surface area (TPSA) is 49.4 Å². The van der Waals surface area contributed by atoms with Crippen LogP contribution in [-0.2, 0) is 11.3 Å². The Kier molecular flexibility index (Phi) is 3.63. The third kappa shape index (κ3) is 2.57. The van der Waals surface area contributed by atoms with Crippen molar-refractivity contribution < 1.29 is 14.0 Å². The van der Waals surface area contributed by atoms with Crippen LogP contribution < -0.4 is 5.32 Å². The summed E-state index contributed by atoms with van der Waals surface area (Å²) in [5.74, 6) is -0.917. The minimum Gasteiger partial charge on any atom is -0.324 e. The number of amides is 2. The highest BCUT2D eigenvalue weighted by atomic mass is 19.1. The quantitative estimate of drug-likeness (QED) is 0.947. The van der Waals surface area contributed by atoms with Crippen molar-refractivity contribution in [3.63, 3.8) is 0 Å². The van der Waals surface area contributed by atoms with Gasteiger partial charge in [-0.2, -0.15) is 0 Å². The highest BCUT2D eigenvalue weighted by molar-refractivity contribution is 6.03. The smallest absolute Gasteiger partial charge is 0.255 e. The summed E-state index contributed by atoms with van der Waals surface area (Å²) in [5.41, 5.74) is 1.92. The van der Waals surface area contributed by atoms with Crippen LogP contribution in [0.3, 0.4) is 0 Å². The molecule has 1 aliphatic heterocycles. The monoisotopic (exact) mass is 298 g/mol. The number of hydrogen-bond donors (Lipinski definition) is 1. The number of fused-ring (bicyclic) bond motifs is 1. The van der Waals surface area contributed by atoms with Gasteiger partial charge in [-0.15, -0.1) is 0 Å². The second-order valence-electron chi connectivity index (χ2n) is 5.27. The Labute approximate surface area is 127 Å². The van der Waals surface area contributed by atoms with E-state index in [1.165, 1.54) is 23.1 Å². The van der Waals surface area contributed by atoms with E-state index < -0.39 is 11.9 Å². The van der Waals surface area contributed by atoms with Crippen LogP contribution in [0.2, 0.25) is 0 Å². The third-order valence-electron chi connectivity index (χ3n) is 3.79. The molecule has 1 aliphatic rings. The summed E-state index contributed by atoms with van der Waals surface area (Å²) >= 11 is 0. The van der Waals surface area contributed by atoms with E-state index in [9.17, 15) is 14.0 Å². The van der Waals surface area contributed by atoms with Crippen LogP contribution in [0.4, 0.5) is 10.1 Å². The largest absolute Gasteiger partial charge is 0.324 e. The Hall–Kier alpha value is -2.69. The average molecular weight is 298 g/mol. The van der Waals surface area contributed by atoms with Gasteiger partial charge < -0.3 is 10.2 Å². The summed E-state index contributed by atoms with van der Waals surface area (Å²) < 4.78 is 13.1. The van der Waals surface area contributed by atoms with E-state index in [1.54, 1.807) is 25.1 Å². The van der Waals surface area contributed by atoms with E-state index in [2.05, 4.69) is 5.32 Å². The number of halogens is 1. The van der Waals surface area contributed by atoms with Crippen LogP contribution in [0.1, 0.15) is 22.8 Å². The summed E-state index contributed by atoms with van der Waals surface area (Å²) in [6, 6.07) is 12.3. The maximum Gasteiger partial charge on any atom is 0.255 e. The van der Waals surface area contributed by atoms with Gasteiger partial charge in [0.05, 0.1) is 0 Å². The van der Waals surface area contributed by atoms with E-state index in [1.807, 2.05) is 12.1 Å². The standard InChI is InChI=1S/C17H15FN2O2/c1-11(16(21)19-14-7-4-6-13(18)9-14)20-10-12-5-2-3-8-15(12)17(20)22/h2-9,11H,10H2,1H3,(H,19,21)/t11-/m0/s1. The van der Waals surface area contributed by atoms with Crippen molar-refractivity contribution in [2.45, 2.75) is 19.5 Å². The predicted molar refractivity (Wildman–Crippen MR) is 80.8 cm³/mol. The number of hydrogen-bond acceptors (Lipinski definition) is 2. The predicted octanol–water partition coefficient (Wildman–Crippen LogP) is 2.81. The molecule has 1 N–H and O–H groups in total. The van der Waals surface area contributed by atoms with E-state index >= 15 is 0 Å². The fraction of sp³-hybridized carbons (Fsp3) is 0.176. The van der Waals surface area contributed by atoms with Crippen molar-refractivity contribution in [3.05, 3.63) is 65.5 Å². The average Bonchev–Trinajstić information content (AvgIpc) is 2.84. The SMILES string of the molecule is C[C@@H](C(=O)Nc1cccc(F)c1)N1Cc2ccccc2C1=O. The molecule has 3 rings (SSSR count). The second kappa shape index (κ2) is 5.60. The molecule has 0 unspecified atom stereocenters. The molecule has 2 aromatic rings. The number of rotatable bonds is 3. The summed E-state index contributed by atoms with van der Waals surface area (Å²) in [6.07, 6.45) is 0. The van der Waals surface area contributed by atoms with Crippen LogP contribution in [-0.4, -0.2) is 22.8 Å². The zero-order valence-corrected chi connectivity index (χ0v) is 12.0. The second-order valence-corrected chi connectivity index (χ2v) is 5.27. The molecule has 0 radical (unpaired) electrons. The maximum absolute atomic E-state index is 13.1. The van der Waals surface area contributed by atoms with E-state index in [4.69, 9.17) is 0 Å². The summed E-state index contributed by atoms with van der Waals surface area (Å²) in [4.78, 5) is 26.1. The molecule has 4 nitrogen and oxygen atoms in total. The van der Waals surface area contributed by atoms with E-state index in [0.717, 1.165) is 5.56 Å². The van der Waals surface area contributed by atoms with Gasteiger partial charge in [-0.05, 0) is 36.8 Å². The summed E-state index contributed by atoms with van der Waals surface area (Å²) in [7, 11) is 0. The lowest BCUT2D eigenvalue weighted by Gasteiger charge is -2.23. The summed E-state index contributed by atoms with van der Waals surface area (Å²) in [5, 5.41) is 2.63. The van der Waals surface area contributed by atoms with Crippen LogP contribution >= 0.6 is 0 Å². The molecule has 0 aliphatic carbocycles. The molecular formula is C17H15FN2O2. The molecule has 0 spiro atoms. The normalized spacial score (nSPS) is 14.6. The van der Waals surface area contributed by atoms with Gasteiger partial charge in [-0.25, -0.2) is 4.39 Å². The van der Waals surface area contributed by atoms with Crippen LogP contribution in [0, 0.1) is 5.82 Å². The Morgan fingerprint density at radius 3 is 2.73 bits per heavy atom. The lowest BCUT2D eigenvalue weighted by Crippen LogP contribution is -2.42. The van der Waals surface area contributed by atoms with Gasteiger partial charge in [-0.3, -0.25) is 9.59 Å².